The predicted octanol–water partition coefficient (Wildman–Crippen LogP) is 4.45. The second-order valence-corrected chi connectivity index (χ2v) is 6.68. The molecule has 0 amide bonds. The predicted molar refractivity (Wildman–Crippen MR) is 98.9 cm³/mol. The third-order valence-corrected chi connectivity index (χ3v) is 4.99. The molecule has 1 aliphatic rings. The van der Waals surface area contributed by atoms with Crippen molar-refractivity contribution < 1.29 is 9.18 Å². The van der Waals surface area contributed by atoms with Crippen LogP contribution in [0.25, 0.3) is 11.1 Å². The molecule has 0 radical (unpaired) electrons. The number of aromatic nitrogens is 1. The van der Waals surface area contributed by atoms with Crippen LogP contribution in [0, 0.1) is 12.7 Å². The van der Waals surface area contributed by atoms with Gasteiger partial charge in [-0.1, -0.05) is 30.3 Å². The summed E-state index contributed by atoms with van der Waals surface area (Å²) in [4.78, 5) is 18.0. The second-order valence-electron chi connectivity index (χ2n) is 6.68. The molecule has 4 heteroatoms. The maximum atomic E-state index is 14.0. The first-order valence-electron chi connectivity index (χ1n) is 8.64. The molecule has 1 aliphatic heterocycles. The molecular weight excluding hydrogens is 327 g/mol. The lowest BCUT2D eigenvalue weighted by Crippen LogP contribution is -2.23. The van der Waals surface area contributed by atoms with Crippen LogP contribution in [0.5, 0.6) is 0 Å². The fraction of sp³-hybridized carbons (Fsp3) is 0.182. The Labute approximate surface area is 152 Å². The Morgan fingerprint density at radius 1 is 1.19 bits per heavy atom. The molecule has 1 aromatic heterocycles. The van der Waals surface area contributed by atoms with Crippen molar-refractivity contribution >= 4 is 6.29 Å². The first kappa shape index (κ1) is 16.6. The number of carbonyl (C=O) groups is 1. The minimum absolute atomic E-state index is 0.235. The van der Waals surface area contributed by atoms with E-state index in [0.717, 1.165) is 34.1 Å². The number of aldehydes is 1. The van der Waals surface area contributed by atoms with Gasteiger partial charge in [0.2, 0.25) is 0 Å². The molecule has 0 bridgehead atoms. The first-order chi connectivity index (χ1) is 12.7. The van der Waals surface area contributed by atoms with Crippen molar-refractivity contribution in [3.05, 3.63) is 89.0 Å². The summed E-state index contributed by atoms with van der Waals surface area (Å²) in [6.07, 6.45) is 4.55. The molecule has 1 atom stereocenters. The van der Waals surface area contributed by atoms with E-state index in [0.29, 0.717) is 18.7 Å². The molecule has 3 nitrogen and oxygen atoms in total. The average Bonchev–Trinajstić information content (AvgIpc) is 3.02. The Morgan fingerprint density at radius 3 is 2.77 bits per heavy atom. The molecule has 4 rings (SSSR count). The van der Waals surface area contributed by atoms with E-state index in [1.807, 2.05) is 36.2 Å². The molecule has 0 saturated heterocycles. The molecule has 0 spiro atoms. The van der Waals surface area contributed by atoms with Crippen LogP contribution in [0.4, 0.5) is 4.39 Å². The number of benzene rings is 2. The summed E-state index contributed by atoms with van der Waals surface area (Å²) in [6, 6.07) is 14.5. The van der Waals surface area contributed by atoms with Crippen LogP contribution < -0.4 is 0 Å². The van der Waals surface area contributed by atoms with E-state index < -0.39 is 0 Å². The van der Waals surface area contributed by atoms with Crippen molar-refractivity contribution in [3.8, 4) is 11.1 Å². The van der Waals surface area contributed by atoms with Crippen molar-refractivity contribution in [2.75, 3.05) is 0 Å². The van der Waals surface area contributed by atoms with Crippen molar-refractivity contribution in [1.82, 2.24) is 9.88 Å². The molecular formula is C22H19FN2O. The molecule has 1 unspecified atom stereocenters. The number of carbonyl (C=O) groups excluding carboxylic acids is 1. The standard InChI is InChI=1S/C22H19FN2O/c1-15-9-18(16-6-4-8-24-11-16)10-19-13-25(21(14-26)22(15)19)12-17-5-2-3-7-20(17)23/h2-11,14,21H,12-13H2,1H3. The van der Waals surface area contributed by atoms with E-state index in [4.69, 9.17) is 0 Å². The second kappa shape index (κ2) is 6.81. The molecule has 2 heterocycles. The van der Waals surface area contributed by atoms with Gasteiger partial charge in [-0.2, -0.15) is 0 Å². The van der Waals surface area contributed by atoms with Gasteiger partial charge in [-0.3, -0.25) is 9.88 Å². The fourth-order valence-corrected chi connectivity index (χ4v) is 3.78. The smallest absolute Gasteiger partial charge is 0.141 e. The van der Waals surface area contributed by atoms with Crippen molar-refractivity contribution in [2.24, 2.45) is 0 Å². The Hall–Kier alpha value is -2.85. The van der Waals surface area contributed by atoms with Gasteiger partial charge in [0.1, 0.15) is 12.1 Å². The topological polar surface area (TPSA) is 33.2 Å². The van der Waals surface area contributed by atoms with Crippen LogP contribution in [-0.2, 0) is 17.9 Å². The van der Waals surface area contributed by atoms with E-state index >= 15 is 0 Å². The number of pyridine rings is 1. The van der Waals surface area contributed by atoms with Crippen LogP contribution in [0.3, 0.4) is 0 Å². The summed E-state index contributed by atoms with van der Waals surface area (Å²) in [7, 11) is 0. The molecule has 0 saturated carbocycles. The Bertz CT molecular complexity index is 956. The van der Waals surface area contributed by atoms with Crippen LogP contribution in [0.1, 0.15) is 28.3 Å². The minimum Gasteiger partial charge on any atom is -0.301 e. The molecule has 2 aromatic carbocycles. The van der Waals surface area contributed by atoms with E-state index in [1.165, 1.54) is 6.07 Å². The summed E-state index contributed by atoms with van der Waals surface area (Å²) in [5, 5.41) is 0. The molecule has 3 aromatic rings. The van der Waals surface area contributed by atoms with Gasteiger partial charge in [-0.05, 0) is 47.4 Å². The van der Waals surface area contributed by atoms with Crippen LogP contribution in [-0.4, -0.2) is 16.2 Å². The van der Waals surface area contributed by atoms with Gasteiger partial charge in [0, 0.05) is 36.6 Å². The number of hydrogen-bond donors (Lipinski definition) is 0. The number of aryl methyl sites for hydroxylation is 1. The van der Waals surface area contributed by atoms with Crippen molar-refractivity contribution in [1.29, 1.82) is 0 Å². The molecule has 26 heavy (non-hydrogen) atoms. The van der Waals surface area contributed by atoms with Gasteiger partial charge in [-0.15, -0.1) is 0 Å². The highest BCUT2D eigenvalue weighted by molar-refractivity contribution is 5.71. The van der Waals surface area contributed by atoms with E-state index in [1.54, 1.807) is 18.3 Å². The largest absolute Gasteiger partial charge is 0.301 e. The highest BCUT2D eigenvalue weighted by Gasteiger charge is 2.32. The maximum Gasteiger partial charge on any atom is 0.141 e. The van der Waals surface area contributed by atoms with Gasteiger partial charge >= 0.3 is 0 Å². The third kappa shape index (κ3) is 2.93. The first-order valence-corrected chi connectivity index (χ1v) is 8.64. The zero-order valence-electron chi connectivity index (χ0n) is 14.5. The van der Waals surface area contributed by atoms with E-state index in [2.05, 4.69) is 17.1 Å². The number of nitrogens with zero attached hydrogens (tertiary/aromatic N) is 2. The zero-order valence-corrected chi connectivity index (χ0v) is 14.5. The highest BCUT2D eigenvalue weighted by Crippen LogP contribution is 2.38. The average molecular weight is 346 g/mol. The molecule has 0 fully saturated rings. The number of rotatable bonds is 4. The third-order valence-electron chi connectivity index (χ3n) is 4.99. The Balaban J connectivity index is 1.70. The fourth-order valence-electron chi connectivity index (χ4n) is 3.78. The Morgan fingerprint density at radius 2 is 2.04 bits per heavy atom. The lowest BCUT2D eigenvalue weighted by atomic mass is 9.94. The van der Waals surface area contributed by atoms with Gasteiger partial charge in [0.25, 0.3) is 0 Å². The van der Waals surface area contributed by atoms with Crippen LogP contribution in [0.2, 0.25) is 0 Å². The number of fused-ring (bicyclic) bond motifs is 1. The Kier molecular flexibility index (Phi) is 4.35. The minimum atomic E-state index is -0.340. The number of hydrogen-bond acceptors (Lipinski definition) is 3. The summed E-state index contributed by atoms with van der Waals surface area (Å²) < 4.78 is 14.0. The van der Waals surface area contributed by atoms with Gasteiger partial charge in [-0.25, -0.2) is 4.39 Å². The normalized spacial score (nSPS) is 16.5. The summed E-state index contributed by atoms with van der Waals surface area (Å²) in [5.74, 6) is -0.235. The molecule has 0 N–H and O–H groups in total. The quantitative estimate of drug-likeness (QED) is 0.654. The maximum absolute atomic E-state index is 14.0. The lowest BCUT2D eigenvalue weighted by Gasteiger charge is -2.21. The monoisotopic (exact) mass is 346 g/mol. The lowest BCUT2D eigenvalue weighted by molar-refractivity contribution is -0.112. The zero-order chi connectivity index (χ0) is 18.1. The van der Waals surface area contributed by atoms with Gasteiger partial charge < -0.3 is 4.79 Å². The summed E-state index contributed by atoms with van der Waals surface area (Å²) >= 11 is 0. The van der Waals surface area contributed by atoms with E-state index in [-0.39, 0.29) is 11.9 Å². The molecule has 130 valence electrons. The van der Waals surface area contributed by atoms with Crippen LogP contribution >= 0.6 is 0 Å². The number of halogens is 1. The molecule has 0 aliphatic carbocycles. The van der Waals surface area contributed by atoms with Crippen molar-refractivity contribution in [2.45, 2.75) is 26.1 Å². The highest BCUT2D eigenvalue weighted by atomic mass is 19.1. The van der Waals surface area contributed by atoms with E-state index in [9.17, 15) is 9.18 Å². The summed E-state index contributed by atoms with van der Waals surface area (Å²) in [6.45, 7) is 3.07. The van der Waals surface area contributed by atoms with Crippen molar-refractivity contribution in [3.63, 3.8) is 0 Å². The SMILES string of the molecule is Cc1cc(-c2cccnc2)cc2c1C(C=O)N(Cc1ccccc1F)C2. The van der Waals surface area contributed by atoms with Gasteiger partial charge in [0.15, 0.2) is 0 Å². The van der Waals surface area contributed by atoms with Crippen LogP contribution in [0.15, 0.2) is 60.9 Å². The summed E-state index contributed by atoms with van der Waals surface area (Å²) in [5.41, 5.74) is 5.99. The van der Waals surface area contributed by atoms with Gasteiger partial charge in [0.05, 0.1) is 6.04 Å².